The van der Waals surface area contributed by atoms with Crippen molar-refractivity contribution in [1.82, 2.24) is 9.97 Å². The fourth-order valence-electron chi connectivity index (χ4n) is 1.85. The van der Waals surface area contributed by atoms with Gasteiger partial charge in [0.05, 0.1) is 0 Å². The first kappa shape index (κ1) is 15.8. The Balaban J connectivity index is 2.12. The summed E-state index contributed by atoms with van der Waals surface area (Å²) in [6, 6.07) is 3.20. The maximum atomic E-state index is 11.6. The zero-order valence-electron chi connectivity index (χ0n) is 11.8. The molecule has 0 saturated carbocycles. The quantitative estimate of drug-likeness (QED) is 0.630. The number of aromatic nitrogens is 2. The summed E-state index contributed by atoms with van der Waals surface area (Å²) >= 11 is 2.68. The van der Waals surface area contributed by atoms with E-state index in [1.165, 1.54) is 29.2 Å². The molecule has 0 spiro atoms. The number of carbonyl (C=O) groups is 1. The number of carboxylic acid groups (broad SMARTS) is 1. The zero-order chi connectivity index (χ0) is 15.4. The molecule has 0 unspecified atom stereocenters. The Morgan fingerprint density at radius 2 is 2.24 bits per heavy atom. The molecule has 5 nitrogen and oxygen atoms in total. The summed E-state index contributed by atoms with van der Waals surface area (Å²) in [6.45, 7) is 3.94. The first-order valence-corrected chi connectivity index (χ1v) is 8.35. The molecule has 2 rings (SSSR count). The summed E-state index contributed by atoms with van der Waals surface area (Å²) < 4.78 is 0. The predicted molar refractivity (Wildman–Crippen MR) is 84.4 cm³/mol. The fraction of sp³-hybridized carbons (Fsp3) is 0.357. The number of aryl methyl sites for hydroxylation is 2. The Labute approximate surface area is 130 Å². The van der Waals surface area contributed by atoms with Crippen LogP contribution in [-0.2, 0) is 12.2 Å². The van der Waals surface area contributed by atoms with E-state index in [1.54, 1.807) is 6.07 Å². The van der Waals surface area contributed by atoms with Crippen LogP contribution in [0.3, 0.4) is 0 Å². The number of aromatic carboxylic acids is 1. The highest BCUT2D eigenvalue weighted by Crippen LogP contribution is 2.27. The van der Waals surface area contributed by atoms with Gasteiger partial charge in [-0.05, 0) is 25.0 Å². The lowest BCUT2D eigenvalue weighted by Gasteiger charge is -2.03. The monoisotopic (exact) mass is 324 g/mol. The molecule has 0 radical (unpaired) electrons. The number of carboxylic acids is 1. The molecule has 112 valence electrons. The van der Waals surface area contributed by atoms with Crippen LogP contribution >= 0.6 is 23.1 Å². The van der Waals surface area contributed by atoms with Crippen LogP contribution in [0.1, 0.15) is 39.2 Å². The van der Waals surface area contributed by atoms with Crippen molar-refractivity contribution in [2.24, 2.45) is 0 Å². The van der Waals surface area contributed by atoms with Crippen molar-refractivity contribution < 1.29 is 9.90 Å². The first-order chi connectivity index (χ1) is 9.99. The van der Waals surface area contributed by atoms with Crippen molar-refractivity contribution in [3.8, 4) is 0 Å². The van der Waals surface area contributed by atoms with E-state index >= 15 is 0 Å². The third-order valence-corrected chi connectivity index (χ3v) is 4.88. The third kappa shape index (κ3) is 4.18. The molecule has 21 heavy (non-hydrogen) atoms. The lowest BCUT2D eigenvalue weighted by molar-refractivity contribution is 0.0702. The van der Waals surface area contributed by atoms with Crippen molar-refractivity contribution in [3.63, 3.8) is 0 Å². The summed E-state index contributed by atoms with van der Waals surface area (Å²) in [6.07, 6.45) is 1.71. The van der Waals surface area contributed by atoms with Crippen molar-refractivity contribution >= 4 is 29.1 Å². The molecule has 0 fully saturated rings. The molecule has 2 aromatic rings. The Morgan fingerprint density at radius 3 is 2.86 bits per heavy atom. The van der Waals surface area contributed by atoms with Gasteiger partial charge >= 0.3 is 5.97 Å². The number of thioether (sulfide) groups is 1. The molecule has 0 atom stereocenters. The molecule has 7 heteroatoms. The second-order valence-corrected chi connectivity index (χ2v) is 6.80. The summed E-state index contributed by atoms with van der Waals surface area (Å²) in [7, 11) is 0. The van der Waals surface area contributed by atoms with Crippen molar-refractivity contribution in [2.75, 3.05) is 0 Å². The highest BCUT2D eigenvalue weighted by Gasteiger charge is 2.12. The molecular formula is C14H16N2O3S2. The number of rotatable bonds is 6. The Hall–Kier alpha value is -1.60. The Kier molecular flexibility index (Phi) is 5.19. The van der Waals surface area contributed by atoms with E-state index in [1.807, 2.05) is 13.8 Å². The molecule has 2 heterocycles. The second-order valence-electron chi connectivity index (χ2n) is 4.58. The van der Waals surface area contributed by atoms with E-state index in [2.05, 4.69) is 9.97 Å². The highest BCUT2D eigenvalue weighted by atomic mass is 32.2. The smallest absolute Gasteiger partial charge is 0.345 e. The number of hydrogen-bond donors (Lipinski definition) is 2. The van der Waals surface area contributed by atoms with E-state index in [0.29, 0.717) is 15.8 Å². The van der Waals surface area contributed by atoms with Gasteiger partial charge in [-0.15, -0.1) is 11.3 Å². The van der Waals surface area contributed by atoms with Crippen LogP contribution in [0, 0.1) is 6.92 Å². The lowest BCUT2D eigenvalue weighted by Crippen LogP contribution is -2.09. The number of nitrogens with zero attached hydrogens (tertiary/aromatic N) is 1. The SMILES string of the molecule is CCCc1cc(=O)[nH]c(SCc2cc(C(=O)O)sc2C)n1. The van der Waals surface area contributed by atoms with Gasteiger partial charge in [-0.2, -0.15) is 0 Å². The summed E-state index contributed by atoms with van der Waals surface area (Å²) in [5.41, 5.74) is 1.60. The van der Waals surface area contributed by atoms with Gasteiger partial charge in [-0.3, -0.25) is 4.79 Å². The Bertz CT molecular complexity index is 706. The topological polar surface area (TPSA) is 83.0 Å². The summed E-state index contributed by atoms with van der Waals surface area (Å²) in [4.78, 5) is 30.9. The van der Waals surface area contributed by atoms with Crippen molar-refractivity contribution in [3.05, 3.63) is 43.5 Å². The Morgan fingerprint density at radius 1 is 1.48 bits per heavy atom. The molecule has 0 aromatic carbocycles. The van der Waals surface area contributed by atoms with E-state index < -0.39 is 5.97 Å². The van der Waals surface area contributed by atoms with E-state index in [9.17, 15) is 9.59 Å². The number of nitrogens with one attached hydrogen (secondary N) is 1. The van der Waals surface area contributed by atoms with Crippen LogP contribution in [0.25, 0.3) is 0 Å². The fourth-order valence-corrected chi connectivity index (χ4v) is 3.77. The molecule has 0 aliphatic carbocycles. The molecule has 0 saturated heterocycles. The van der Waals surface area contributed by atoms with Crippen LogP contribution in [0.2, 0.25) is 0 Å². The maximum Gasteiger partial charge on any atom is 0.345 e. The van der Waals surface area contributed by atoms with Gasteiger partial charge in [0.15, 0.2) is 5.16 Å². The normalized spacial score (nSPS) is 10.8. The standard InChI is InChI=1S/C14H16N2O3S2/c1-3-4-10-6-12(17)16-14(15-10)20-7-9-5-11(13(18)19)21-8(9)2/h5-6H,3-4,7H2,1-2H3,(H,18,19)(H,15,16,17). The van der Waals surface area contributed by atoms with E-state index in [0.717, 1.165) is 29.0 Å². The third-order valence-electron chi connectivity index (χ3n) is 2.87. The number of thiophene rings is 1. The van der Waals surface area contributed by atoms with Crippen LogP contribution in [-0.4, -0.2) is 21.0 Å². The molecule has 2 N–H and O–H groups in total. The van der Waals surface area contributed by atoms with Gasteiger partial charge in [0.1, 0.15) is 4.88 Å². The largest absolute Gasteiger partial charge is 0.477 e. The van der Waals surface area contributed by atoms with Crippen LogP contribution in [0.5, 0.6) is 0 Å². The van der Waals surface area contributed by atoms with Crippen LogP contribution in [0.15, 0.2) is 22.1 Å². The molecule has 0 aliphatic heterocycles. The summed E-state index contributed by atoms with van der Waals surface area (Å²) in [5, 5.41) is 9.56. The van der Waals surface area contributed by atoms with Gasteiger partial charge in [0.2, 0.25) is 0 Å². The van der Waals surface area contributed by atoms with Crippen molar-refractivity contribution in [1.29, 1.82) is 0 Å². The number of H-pyrrole nitrogens is 1. The first-order valence-electron chi connectivity index (χ1n) is 6.55. The van der Waals surface area contributed by atoms with E-state index in [4.69, 9.17) is 5.11 Å². The summed E-state index contributed by atoms with van der Waals surface area (Å²) in [5.74, 6) is -0.315. The van der Waals surface area contributed by atoms with Crippen molar-refractivity contribution in [2.45, 2.75) is 37.6 Å². The second kappa shape index (κ2) is 6.91. The van der Waals surface area contributed by atoms with E-state index in [-0.39, 0.29) is 5.56 Å². The van der Waals surface area contributed by atoms with Gasteiger partial charge < -0.3 is 10.1 Å². The number of aromatic amines is 1. The molecule has 0 aliphatic rings. The minimum atomic E-state index is -0.907. The predicted octanol–water partition coefficient (Wildman–Crippen LogP) is 3.08. The average Bonchev–Trinajstić information content (AvgIpc) is 2.78. The zero-order valence-corrected chi connectivity index (χ0v) is 13.4. The van der Waals surface area contributed by atoms with Crippen LogP contribution < -0.4 is 5.56 Å². The van der Waals surface area contributed by atoms with Gasteiger partial charge in [0, 0.05) is 22.4 Å². The molecular weight excluding hydrogens is 308 g/mol. The highest BCUT2D eigenvalue weighted by molar-refractivity contribution is 7.98. The van der Waals surface area contributed by atoms with Gasteiger partial charge in [-0.1, -0.05) is 25.1 Å². The molecule has 0 amide bonds. The molecule has 0 bridgehead atoms. The molecule has 2 aromatic heterocycles. The lowest BCUT2D eigenvalue weighted by atomic mass is 10.2. The average molecular weight is 324 g/mol. The minimum absolute atomic E-state index is 0.149. The van der Waals surface area contributed by atoms with Gasteiger partial charge in [0.25, 0.3) is 5.56 Å². The minimum Gasteiger partial charge on any atom is -0.477 e. The maximum absolute atomic E-state index is 11.6. The van der Waals surface area contributed by atoms with Crippen LogP contribution in [0.4, 0.5) is 0 Å². The number of hydrogen-bond acceptors (Lipinski definition) is 5. The van der Waals surface area contributed by atoms with Gasteiger partial charge in [-0.25, -0.2) is 9.78 Å².